The fraction of sp³-hybridized carbons (Fsp3) is 0.576. The van der Waals surface area contributed by atoms with Crippen molar-refractivity contribution in [1.29, 1.82) is 0 Å². The van der Waals surface area contributed by atoms with E-state index in [0.29, 0.717) is 30.7 Å². The number of amides is 2. The number of carbonyl (C=O) groups is 2. The molecule has 3 aliphatic heterocycles. The third-order valence-electron chi connectivity index (χ3n) is 9.29. The fourth-order valence-corrected chi connectivity index (χ4v) is 7.55. The topological polar surface area (TPSA) is 130 Å². The Hall–Kier alpha value is -3.32. The number of benzene rings is 1. The number of aliphatic hydroxyl groups excluding tert-OH is 1. The van der Waals surface area contributed by atoms with E-state index < -0.39 is 18.1 Å². The predicted molar refractivity (Wildman–Crippen MR) is 170 cm³/mol. The highest BCUT2D eigenvalue weighted by atomic mass is 32.1. The monoisotopic (exact) mass is 637 g/mol. The summed E-state index contributed by atoms with van der Waals surface area (Å²) >= 11 is 1.60. The molecule has 1 aromatic carbocycles. The molecule has 2 unspecified atom stereocenters. The lowest BCUT2D eigenvalue weighted by atomic mass is 9.91. The van der Waals surface area contributed by atoms with Crippen LogP contribution in [0.4, 0.5) is 5.82 Å². The Balaban J connectivity index is 1.10. The molecule has 12 heteroatoms. The normalized spacial score (nSPS) is 22.7. The standard InChI is InChI=1S/C33H43N5O6S/c1-19(2)29(27-16-28(36-44-27)37-11-9-24(10-12-37)33-42-13-14-43-33)32(41)38-17-25(39)15-26(38)31(40)35-20(3)22-5-7-23(8-6-22)30-21(4)34-18-45-30/h5-8,16,18-20,24-26,29,33,39H,9-15,17H2,1-4H3,(H,35,40)/t20-,25?,26-,29?/m0/s1. The van der Waals surface area contributed by atoms with Crippen molar-refractivity contribution in [2.45, 2.75) is 77.4 Å². The predicted octanol–water partition coefficient (Wildman–Crippen LogP) is 4.27. The minimum atomic E-state index is -0.783. The van der Waals surface area contributed by atoms with Crippen LogP contribution in [0, 0.1) is 18.8 Å². The van der Waals surface area contributed by atoms with Gasteiger partial charge in [-0.15, -0.1) is 11.3 Å². The van der Waals surface area contributed by atoms with Crippen LogP contribution in [-0.2, 0) is 19.1 Å². The molecule has 0 spiro atoms. The fourth-order valence-electron chi connectivity index (χ4n) is 6.74. The van der Waals surface area contributed by atoms with E-state index >= 15 is 0 Å². The molecule has 3 aliphatic rings. The van der Waals surface area contributed by atoms with Gasteiger partial charge < -0.3 is 34.2 Å². The average Bonchev–Trinajstić information content (AvgIpc) is 3.85. The van der Waals surface area contributed by atoms with Gasteiger partial charge in [-0.25, -0.2) is 4.98 Å². The quantitative estimate of drug-likeness (QED) is 0.353. The van der Waals surface area contributed by atoms with E-state index in [-0.39, 0.29) is 43.0 Å². The van der Waals surface area contributed by atoms with Gasteiger partial charge in [-0.3, -0.25) is 9.59 Å². The second kappa shape index (κ2) is 13.6. The lowest BCUT2D eigenvalue weighted by molar-refractivity contribution is -0.141. The van der Waals surface area contributed by atoms with Crippen molar-refractivity contribution < 1.29 is 28.7 Å². The third kappa shape index (κ3) is 6.79. The maximum Gasteiger partial charge on any atom is 0.243 e. The van der Waals surface area contributed by atoms with Crippen molar-refractivity contribution in [1.82, 2.24) is 20.4 Å². The van der Waals surface area contributed by atoms with Gasteiger partial charge >= 0.3 is 0 Å². The van der Waals surface area contributed by atoms with E-state index in [1.165, 1.54) is 4.90 Å². The molecule has 6 rings (SSSR count). The number of hydrogen-bond donors (Lipinski definition) is 2. The number of carbonyl (C=O) groups excluding carboxylic acids is 2. The Labute approximate surface area is 267 Å². The molecule has 3 saturated heterocycles. The van der Waals surface area contributed by atoms with Gasteiger partial charge in [-0.1, -0.05) is 43.3 Å². The van der Waals surface area contributed by atoms with Gasteiger partial charge in [0.25, 0.3) is 0 Å². The van der Waals surface area contributed by atoms with Crippen LogP contribution in [0.15, 0.2) is 40.4 Å². The molecule has 4 atom stereocenters. The summed E-state index contributed by atoms with van der Waals surface area (Å²) in [6.07, 6.45) is 1.14. The zero-order chi connectivity index (χ0) is 31.7. The largest absolute Gasteiger partial charge is 0.391 e. The summed E-state index contributed by atoms with van der Waals surface area (Å²) in [6, 6.07) is 8.86. The van der Waals surface area contributed by atoms with Crippen LogP contribution in [-0.4, -0.2) is 83.2 Å². The van der Waals surface area contributed by atoms with Gasteiger partial charge in [0.2, 0.25) is 11.8 Å². The number of aliphatic hydroxyl groups is 1. The number of nitrogens with zero attached hydrogens (tertiary/aromatic N) is 4. The third-order valence-corrected chi connectivity index (χ3v) is 10.3. The van der Waals surface area contributed by atoms with Crippen molar-refractivity contribution in [3.05, 3.63) is 52.9 Å². The highest BCUT2D eigenvalue weighted by Gasteiger charge is 2.43. The molecular formula is C33H43N5O6S. The lowest BCUT2D eigenvalue weighted by Crippen LogP contribution is -2.48. The van der Waals surface area contributed by atoms with Gasteiger partial charge in [-0.05, 0) is 43.7 Å². The Morgan fingerprint density at radius 2 is 1.80 bits per heavy atom. The number of nitrogens with one attached hydrogen (secondary N) is 1. The minimum Gasteiger partial charge on any atom is -0.391 e. The number of aryl methyl sites for hydroxylation is 1. The molecule has 0 aliphatic carbocycles. The zero-order valence-corrected chi connectivity index (χ0v) is 27.2. The number of thiazole rings is 1. The van der Waals surface area contributed by atoms with Crippen LogP contribution >= 0.6 is 11.3 Å². The maximum atomic E-state index is 14.1. The van der Waals surface area contributed by atoms with Crippen LogP contribution in [0.25, 0.3) is 10.4 Å². The first kappa shape index (κ1) is 31.7. The molecule has 0 radical (unpaired) electrons. The van der Waals surface area contributed by atoms with E-state index in [9.17, 15) is 14.7 Å². The van der Waals surface area contributed by atoms with E-state index in [1.807, 2.05) is 63.5 Å². The Morgan fingerprint density at radius 1 is 1.09 bits per heavy atom. The summed E-state index contributed by atoms with van der Waals surface area (Å²) in [7, 11) is 0. The molecule has 2 aromatic heterocycles. The zero-order valence-electron chi connectivity index (χ0n) is 26.3. The van der Waals surface area contributed by atoms with E-state index in [1.54, 1.807) is 11.3 Å². The lowest BCUT2D eigenvalue weighted by Gasteiger charge is -2.33. The highest BCUT2D eigenvalue weighted by molar-refractivity contribution is 7.13. The Kier molecular flexibility index (Phi) is 9.55. The number of rotatable bonds is 9. The van der Waals surface area contributed by atoms with Crippen molar-refractivity contribution in [2.75, 3.05) is 37.7 Å². The summed E-state index contributed by atoms with van der Waals surface area (Å²) in [6.45, 7) is 10.8. The highest BCUT2D eigenvalue weighted by Crippen LogP contribution is 2.35. The SMILES string of the molecule is Cc1ncsc1-c1ccc([C@H](C)NC(=O)[C@@H]2CC(O)CN2C(=O)C(c2cc(N3CCC(C4OCCO4)CC3)no2)C(C)C)cc1. The Morgan fingerprint density at radius 3 is 2.44 bits per heavy atom. The van der Waals surface area contributed by atoms with Gasteiger partial charge in [-0.2, -0.15) is 0 Å². The maximum absolute atomic E-state index is 14.1. The first-order valence-corrected chi connectivity index (χ1v) is 16.8. The molecule has 242 valence electrons. The number of likely N-dealkylation sites (tertiary alicyclic amines) is 1. The van der Waals surface area contributed by atoms with Crippen LogP contribution in [0.3, 0.4) is 0 Å². The molecular weight excluding hydrogens is 594 g/mol. The summed E-state index contributed by atoms with van der Waals surface area (Å²) in [5, 5.41) is 18.0. The molecule has 2 N–H and O–H groups in total. The van der Waals surface area contributed by atoms with Crippen molar-refractivity contribution in [3.63, 3.8) is 0 Å². The average molecular weight is 638 g/mol. The second-order valence-corrected chi connectivity index (χ2v) is 13.6. The van der Waals surface area contributed by atoms with E-state index in [2.05, 4.69) is 20.4 Å². The van der Waals surface area contributed by atoms with Crippen LogP contribution in [0.2, 0.25) is 0 Å². The first-order chi connectivity index (χ1) is 21.7. The van der Waals surface area contributed by atoms with Crippen molar-refractivity contribution in [3.8, 4) is 10.4 Å². The van der Waals surface area contributed by atoms with Gasteiger partial charge in [0, 0.05) is 38.0 Å². The van der Waals surface area contributed by atoms with E-state index in [4.69, 9.17) is 14.0 Å². The molecule has 0 saturated carbocycles. The molecule has 45 heavy (non-hydrogen) atoms. The number of anilines is 1. The van der Waals surface area contributed by atoms with E-state index in [0.717, 1.165) is 47.6 Å². The van der Waals surface area contributed by atoms with Crippen LogP contribution < -0.4 is 10.2 Å². The number of ether oxygens (including phenoxy) is 2. The molecule has 11 nitrogen and oxygen atoms in total. The summed E-state index contributed by atoms with van der Waals surface area (Å²) < 4.78 is 17.2. The number of hydrogen-bond acceptors (Lipinski definition) is 10. The summed E-state index contributed by atoms with van der Waals surface area (Å²) in [5.74, 6) is 0.270. The smallest absolute Gasteiger partial charge is 0.243 e. The molecule has 5 heterocycles. The van der Waals surface area contributed by atoms with Crippen molar-refractivity contribution in [2.24, 2.45) is 11.8 Å². The first-order valence-electron chi connectivity index (χ1n) is 15.9. The number of β-amino-alcohol motifs (C(OH)–C–C–N with tert-alkyl or cyclic N) is 1. The van der Waals surface area contributed by atoms with Crippen molar-refractivity contribution >= 4 is 29.0 Å². The number of piperidine rings is 1. The Bertz CT molecular complexity index is 1460. The number of aromatic nitrogens is 2. The molecule has 3 fully saturated rings. The second-order valence-electron chi connectivity index (χ2n) is 12.8. The molecule has 0 bridgehead atoms. The van der Waals surface area contributed by atoms with Crippen LogP contribution in [0.5, 0.6) is 0 Å². The summed E-state index contributed by atoms with van der Waals surface area (Å²) in [5.41, 5.74) is 4.86. The molecule has 3 aromatic rings. The van der Waals surface area contributed by atoms with Gasteiger partial charge in [0.05, 0.1) is 41.4 Å². The summed E-state index contributed by atoms with van der Waals surface area (Å²) in [4.78, 5) is 36.8. The minimum absolute atomic E-state index is 0.0945. The molecule has 2 amide bonds. The van der Waals surface area contributed by atoms with Crippen LogP contribution in [0.1, 0.15) is 69.0 Å². The van der Waals surface area contributed by atoms with Gasteiger partial charge in [0.15, 0.2) is 17.9 Å². The van der Waals surface area contributed by atoms with Gasteiger partial charge in [0.1, 0.15) is 12.0 Å².